The minimum Gasteiger partial charge on any atom is -0.379 e. The largest absolute Gasteiger partial charge is 0.435 e. The zero-order valence-electron chi connectivity index (χ0n) is 25.1. The molecule has 4 aromatic rings. The zero-order chi connectivity index (χ0) is 32.3. The summed E-state index contributed by atoms with van der Waals surface area (Å²) in [7, 11) is 0. The van der Waals surface area contributed by atoms with E-state index in [0.717, 1.165) is 41.5 Å². The van der Waals surface area contributed by atoms with E-state index in [0.29, 0.717) is 49.4 Å². The standard InChI is InChI=1S/C34H34F5N5O2/c35-25-16-23(17-26(36)19-25)18-29(41-31(45)21-44-30-9-2-1-7-28(30)33(42-44)34(37,38)39)32-27(8-4-10-40-32)24-6-3-5-22(15-24)20-43-11-13-46-14-12-43/h3-6,8,10,15-17,19,29H,1-2,7,9,11-14,18,20-21H2,(H,41,45)/t29-/m0/s1. The summed E-state index contributed by atoms with van der Waals surface area (Å²) in [5.74, 6) is -2.12. The van der Waals surface area contributed by atoms with Crippen molar-refractivity contribution in [3.63, 3.8) is 0 Å². The van der Waals surface area contributed by atoms with Crippen LogP contribution in [-0.2, 0) is 48.1 Å². The fourth-order valence-corrected chi connectivity index (χ4v) is 6.38. The highest BCUT2D eigenvalue weighted by Crippen LogP contribution is 2.36. The van der Waals surface area contributed by atoms with Crippen LogP contribution in [0.3, 0.4) is 0 Å². The Kier molecular flexibility index (Phi) is 9.46. The first-order valence-corrected chi connectivity index (χ1v) is 15.4. The number of rotatable bonds is 9. The maximum Gasteiger partial charge on any atom is 0.435 e. The van der Waals surface area contributed by atoms with Gasteiger partial charge in [-0.25, -0.2) is 8.78 Å². The Morgan fingerprint density at radius 2 is 1.72 bits per heavy atom. The van der Waals surface area contributed by atoms with Crippen molar-refractivity contribution in [1.29, 1.82) is 0 Å². The van der Waals surface area contributed by atoms with Crippen LogP contribution in [0, 0.1) is 11.6 Å². The van der Waals surface area contributed by atoms with E-state index < -0.39 is 42.0 Å². The first-order valence-electron chi connectivity index (χ1n) is 15.4. The summed E-state index contributed by atoms with van der Waals surface area (Å²) in [5.41, 5.74) is 2.98. The molecular formula is C34H34F5N5O2. The Morgan fingerprint density at radius 3 is 2.48 bits per heavy atom. The van der Waals surface area contributed by atoms with E-state index in [1.165, 1.54) is 12.1 Å². The minimum absolute atomic E-state index is 0.0110. The molecule has 1 saturated heterocycles. The lowest BCUT2D eigenvalue weighted by molar-refractivity contribution is -0.142. The van der Waals surface area contributed by atoms with Crippen molar-refractivity contribution in [1.82, 2.24) is 25.0 Å². The first kappa shape index (κ1) is 31.8. The number of hydrogen-bond donors (Lipinski definition) is 1. The van der Waals surface area contributed by atoms with Crippen LogP contribution in [0.2, 0.25) is 0 Å². The second-order valence-corrected chi connectivity index (χ2v) is 11.8. The number of benzene rings is 2. The number of nitrogens with one attached hydrogen (secondary N) is 1. The van der Waals surface area contributed by atoms with Gasteiger partial charge >= 0.3 is 6.18 Å². The third-order valence-corrected chi connectivity index (χ3v) is 8.43. The van der Waals surface area contributed by atoms with Gasteiger partial charge in [-0.3, -0.25) is 19.4 Å². The first-order chi connectivity index (χ1) is 22.1. The Morgan fingerprint density at radius 1 is 0.957 bits per heavy atom. The highest BCUT2D eigenvalue weighted by atomic mass is 19.4. The third kappa shape index (κ3) is 7.45. The summed E-state index contributed by atoms with van der Waals surface area (Å²) in [6.07, 6.45) is -1.11. The van der Waals surface area contributed by atoms with Crippen LogP contribution >= 0.6 is 0 Å². The van der Waals surface area contributed by atoms with Gasteiger partial charge in [0.2, 0.25) is 5.91 Å². The number of aromatic nitrogens is 3. The summed E-state index contributed by atoms with van der Waals surface area (Å²) in [6.45, 7) is 3.28. The Labute approximate surface area is 263 Å². The monoisotopic (exact) mass is 639 g/mol. The molecule has 46 heavy (non-hydrogen) atoms. The van der Waals surface area contributed by atoms with Crippen molar-refractivity contribution in [2.75, 3.05) is 26.3 Å². The van der Waals surface area contributed by atoms with E-state index in [2.05, 4.69) is 20.3 Å². The molecule has 1 aliphatic heterocycles. The number of hydrogen-bond acceptors (Lipinski definition) is 5. The fourth-order valence-electron chi connectivity index (χ4n) is 6.38. The molecule has 2 aromatic carbocycles. The van der Waals surface area contributed by atoms with Gasteiger partial charge in [0.1, 0.15) is 18.2 Å². The van der Waals surface area contributed by atoms with Crippen molar-refractivity contribution in [3.05, 3.63) is 106 Å². The summed E-state index contributed by atoms with van der Waals surface area (Å²) in [4.78, 5) is 20.4. The number of pyridine rings is 1. The second kappa shape index (κ2) is 13.7. The topological polar surface area (TPSA) is 72.3 Å². The molecule has 1 aliphatic carbocycles. The molecule has 0 unspecified atom stereocenters. The predicted molar refractivity (Wildman–Crippen MR) is 161 cm³/mol. The van der Waals surface area contributed by atoms with Crippen molar-refractivity contribution in [3.8, 4) is 11.1 Å². The molecule has 6 rings (SSSR count). The molecule has 3 heterocycles. The molecular weight excluding hydrogens is 605 g/mol. The van der Waals surface area contributed by atoms with Crippen molar-refractivity contribution >= 4 is 5.91 Å². The van der Waals surface area contributed by atoms with E-state index in [4.69, 9.17) is 4.74 Å². The molecule has 12 heteroatoms. The van der Waals surface area contributed by atoms with Gasteiger partial charge in [0, 0.05) is 48.7 Å². The normalized spacial score (nSPS) is 16.2. The SMILES string of the molecule is O=C(Cn1nc(C(F)(F)F)c2c1CCCC2)N[C@@H](Cc1cc(F)cc(F)c1)c1ncccc1-c1cccc(CN2CCOCC2)c1. The molecule has 0 radical (unpaired) electrons. The van der Waals surface area contributed by atoms with Crippen LogP contribution in [0.25, 0.3) is 11.1 Å². The van der Waals surface area contributed by atoms with E-state index >= 15 is 0 Å². The average molecular weight is 640 g/mol. The Balaban J connectivity index is 1.32. The van der Waals surface area contributed by atoms with Crippen molar-refractivity contribution in [2.45, 2.75) is 57.4 Å². The lowest BCUT2D eigenvalue weighted by atomic mass is 9.94. The van der Waals surface area contributed by atoms with Crippen LogP contribution in [0.5, 0.6) is 0 Å². The molecule has 7 nitrogen and oxygen atoms in total. The van der Waals surface area contributed by atoms with Gasteiger partial charge in [-0.05, 0) is 73.1 Å². The van der Waals surface area contributed by atoms with Crippen molar-refractivity contribution < 1.29 is 31.5 Å². The van der Waals surface area contributed by atoms with Gasteiger partial charge < -0.3 is 10.1 Å². The summed E-state index contributed by atoms with van der Waals surface area (Å²) in [5, 5.41) is 6.72. The molecule has 1 amide bonds. The summed E-state index contributed by atoms with van der Waals surface area (Å²) in [6, 6.07) is 13.9. The molecule has 2 aliphatic rings. The van der Waals surface area contributed by atoms with Gasteiger partial charge in [0.25, 0.3) is 0 Å². The predicted octanol–water partition coefficient (Wildman–Crippen LogP) is 6.05. The van der Waals surface area contributed by atoms with E-state index in [1.54, 1.807) is 12.3 Å². The second-order valence-electron chi connectivity index (χ2n) is 11.8. The van der Waals surface area contributed by atoms with Crippen molar-refractivity contribution in [2.24, 2.45) is 0 Å². The third-order valence-electron chi connectivity index (χ3n) is 8.43. The number of amides is 1. The molecule has 1 fully saturated rings. The molecule has 0 spiro atoms. The molecule has 1 atom stereocenters. The lowest BCUT2D eigenvalue weighted by Gasteiger charge is -2.27. The number of carbonyl (C=O) groups is 1. The summed E-state index contributed by atoms with van der Waals surface area (Å²) >= 11 is 0. The molecule has 0 saturated carbocycles. The number of nitrogens with zero attached hydrogens (tertiary/aromatic N) is 4. The van der Waals surface area contributed by atoms with Crippen LogP contribution in [0.1, 0.15) is 52.7 Å². The van der Waals surface area contributed by atoms with Gasteiger partial charge in [-0.15, -0.1) is 0 Å². The fraction of sp³-hybridized carbons (Fsp3) is 0.382. The Hall–Kier alpha value is -4.16. The average Bonchev–Trinajstić information content (AvgIpc) is 3.40. The molecule has 242 valence electrons. The quantitative estimate of drug-likeness (QED) is 0.226. The zero-order valence-corrected chi connectivity index (χ0v) is 25.1. The van der Waals surface area contributed by atoms with Crippen LogP contribution in [0.4, 0.5) is 22.0 Å². The van der Waals surface area contributed by atoms with Gasteiger partial charge in [0.05, 0.1) is 24.9 Å². The number of morpholine rings is 1. The highest BCUT2D eigenvalue weighted by Gasteiger charge is 2.39. The van der Waals surface area contributed by atoms with E-state index in [9.17, 15) is 26.7 Å². The van der Waals surface area contributed by atoms with Crippen LogP contribution in [-0.4, -0.2) is 51.9 Å². The van der Waals surface area contributed by atoms with Gasteiger partial charge in [-0.2, -0.15) is 18.3 Å². The minimum atomic E-state index is -4.63. The Bertz CT molecular complexity index is 1680. The van der Waals surface area contributed by atoms with Crippen LogP contribution < -0.4 is 5.32 Å². The number of alkyl halides is 3. The lowest BCUT2D eigenvalue weighted by Crippen LogP contribution is -2.35. The smallest absolute Gasteiger partial charge is 0.379 e. The maximum atomic E-state index is 14.2. The highest BCUT2D eigenvalue weighted by molar-refractivity contribution is 5.77. The van der Waals surface area contributed by atoms with E-state index in [1.807, 2.05) is 30.3 Å². The maximum absolute atomic E-state index is 14.2. The van der Waals surface area contributed by atoms with Gasteiger partial charge in [-0.1, -0.05) is 24.3 Å². The number of halogens is 5. The molecule has 2 aromatic heterocycles. The van der Waals surface area contributed by atoms with E-state index in [-0.39, 0.29) is 24.0 Å². The van der Waals surface area contributed by atoms with Crippen LogP contribution in [0.15, 0.2) is 60.8 Å². The van der Waals surface area contributed by atoms with Gasteiger partial charge in [0.15, 0.2) is 5.69 Å². The summed E-state index contributed by atoms with van der Waals surface area (Å²) < 4.78 is 76.4. The number of carbonyl (C=O) groups excluding carboxylic acids is 1. The number of ether oxygens (including phenoxy) is 1. The number of fused-ring (bicyclic) bond motifs is 1. The molecule has 1 N–H and O–H groups in total. The molecule has 0 bridgehead atoms.